The lowest BCUT2D eigenvalue weighted by molar-refractivity contribution is 1.50. The van der Waals surface area contributed by atoms with E-state index in [-0.39, 0.29) is 12.4 Å². The fraction of sp³-hybridized carbons (Fsp3) is 0.143. The third kappa shape index (κ3) is 2.75. The molecule has 0 spiro atoms. The number of halogens is 2. The number of rotatable bonds is 1. The summed E-state index contributed by atoms with van der Waals surface area (Å²) in [5.41, 5.74) is 1.16. The Balaban J connectivity index is 0.000000810. The topological polar surface area (TPSA) is 12.0 Å². The van der Waals surface area contributed by atoms with Crippen LogP contribution in [-0.4, -0.2) is 7.05 Å². The van der Waals surface area contributed by atoms with Crippen LogP contribution in [0.4, 0.5) is 5.69 Å². The Morgan fingerprint density at radius 2 is 1.70 bits per heavy atom. The van der Waals surface area contributed by atoms with Gasteiger partial charge in [-0.15, -0.1) is 12.4 Å². The zero-order valence-corrected chi connectivity index (χ0v) is 8.57. The van der Waals surface area contributed by atoms with E-state index in [2.05, 4.69) is 52.2 Å². The van der Waals surface area contributed by atoms with Crippen LogP contribution in [0, 0.1) is 3.57 Å². The maximum absolute atomic E-state index is 3.05. The Labute approximate surface area is 80.8 Å². The van der Waals surface area contributed by atoms with Crippen LogP contribution in [0.15, 0.2) is 24.3 Å². The Bertz CT molecular complexity index is 185. The van der Waals surface area contributed by atoms with Crippen molar-refractivity contribution in [2.24, 2.45) is 0 Å². The molecule has 0 radical (unpaired) electrons. The number of anilines is 1. The lowest BCUT2D eigenvalue weighted by Gasteiger charge is -1.96. The lowest BCUT2D eigenvalue weighted by Crippen LogP contribution is -1.85. The van der Waals surface area contributed by atoms with Gasteiger partial charge in [0.25, 0.3) is 0 Å². The smallest absolute Gasteiger partial charge is 0.0338 e. The summed E-state index contributed by atoms with van der Waals surface area (Å²) in [5.74, 6) is 0. The summed E-state index contributed by atoms with van der Waals surface area (Å²) in [6.07, 6.45) is 0. The number of hydrogen-bond donors (Lipinski definition) is 1. The van der Waals surface area contributed by atoms with Crippen molar-refractivity contribution in [1.82, 2.24) is 0 Å². The Kier molecular flexibility index (Phi) is 4.81. The van der Waals surface area contributed by atoms with Gasteiger partial charge in [0.05, 0.1) is 0 Å². The van der Waals surface area contributed by atoms with Gasteiger partial charge in [-0.25, -0.2) is 0 Å². The minimum atomic E-state index is 0. The molecule has 0 atom stereocenters. The van der Waals surface area contributed by atoms with Crippen molar-refractivity contribution in [3.05, 3.63) is 27.8 Å². The molecule has 0 fully saturated rings. The molecule has 3 heteroatoms. The maximum Gasteiger partial charge on any atom is 0.0338 e. The summed E-state index contributed by atoms with van der Waals surface area (Å²) < 4.78 is 1.27. The van der Waals surface area contributed by atoms with Crippen molar-refractivity contribution in [3.63, 3.8) is 0 Å². The largest absolute Gasteiger partial charge is 0.388 e. The molecule has 0 aliphatic rings. The summed E-state index contributed by atoms with van der Waals surface area (Å²) in [5, 5.41) is 3.05. The van der Waals surface area contributed by atoms with Gasteiger partial charge in [0.1, 0.15) is 0 Å². The lowest BCUT2D eigenvalue weighted by atomic mass is 10.3. The van der Waals surface area contributed by atoms with E-state index in [9.17, 15) is 0 Å². The normalized spacial score (nSPS) is 8.20. The molecule has 0 heterocycles. The zero-order chi connectivity index (χ0) is 6.69. The molecule has 0 saturated carbocycles. The first-order valence-electron chi connectivity index (χ1n) is 2.76. The average Bonchev–Trinajstić information content (AvgIpc) is 1.90. The van der Waals surface area contributed by atoms with Crippen LogP contribution in [0.3, 0.4) is 0 Å². The van der Waals surface area contributed by atoms with Gasteiger partial charge >= 0.3 is 0 Å². The molecule has 10 heavy (non-hydrogen) atoms. The quantitative estimate of drug-likeness (QED) is 0.773. The molecular weight excluding hydrogens is 260 g/mol. The molecule has 0 bridgehead atoms. The predicted molar refractivity (Wildman–Crippen MR) is 56.0 cm³/mol. The van der Waals surface area contributed by atoms with Gasteiger partial charge in [-0.1, -0.05) is 0 Å². The average molecular weight is 270 g/mol. The van der Waals surface area contributed by atoms with E-state index in [1.165, 1.54) is 3.57 Å². The van der Waals surface area contributed by atoms with Crippen molar-refractivity contribution < 1.29 is 0 Å². The standard InChI is InChI=1S/C7H8IN.ClH/c1-9-7-4-2-6(8)3-5-7;/h2-5,9H,1H3;1H. The van der Waals surface area contributed by atoms with Gasteiger partial charge in [0, 0.05) is 16.3 Å². The van der Waals surface area contributed by atoms with E-state index >= 15 is 0 Å². The summed E-state index contributed by atoms with van der Waals surface area (Å²) in [6, 6.07) is 8.27. The van der Waals surface area contributed by atoms with Crippen molar-refractivity contribution in [2.75, 3.05) is 12.4 Å². The maximum atomic E-state index is 3.05. The first-order chi connectivity index (χ1) is 4.33. The number of nitrogens with one attached hydrogen (secondary N) is 1. The molecule has 0 aliphatic heterocycles. The van der Waals surface area contributed by atoms with Gasteiger partial charge in [-0.05, 0) is 46.9 Å². The Morgan fingerprint density at radius 3 is 2.10 bits per heavy atom. The number of hydrogen-bond acceptors (Lipinski definition) is 1. The molecule has 56 valence electrons. The SMILES string of the molecule is CNc1ccc(I)cc1.Cl. The van der Waals surface area contributed by atoms with Crippen molar-refractivity contribution in [3.8, 4) is 0 Å². The van der Waals surface area contributed by atoms with E-state index < -0.39 is 0 Å². The molecule has 1 aromatic carbocycles. The summed E-state index contributed by atoms with van der Waals surface area (Å²) in [4.78, 5) is 0. The van der Waals surface area contributed by atoms with E-state index in [4.69, 9.17) is 0 Å². The Hall–Kier alpha value is 0.0400. The second-order valence-electron chi connectivity index (χ2n) is 1.76. The summed E-state index contributed by atoms with van der Waals surface area (Å²) in [6.45, 7) is 0. The highest BCUT2D eigenvalue weighted by molar-refractivity contribution is 14.1. The first kappa shape index (κ1) is 10.0. The van der Waals surface area contributed by atoms with Gasteiger partial charge in [-0.3, -0.25) is 0 Å². The van der Waals surface area contributed by atoms with Crippen LogP contribution in [-0.2, 0) is 0 Å². The first-order valence-corrected chi connectivity index (χ1v) is 3.84. The molecule has 0 aliphatic carbocycles. The molecule has 1 rings (SSSR count). The van der Waals surface area contributed by atoms with Crippen molar-refractivity contribution in [2.45, 2.75) is 0 Å². The molecular formula is C7H9ClIN. The molecule has 0 unspecified atom stereocenters. The molecule has 0 aromatic heterocycles. The second kappa shape index (κ2) is 4.79. The van der Waals surface area contributed by atoms with Crippen LogP contribution in [0.2, 0.25) is 0 Å². The van der Waals surface area contributed by atoms with E-state index in [0.717, 1.165) is 5.69 Å². The van der Waals surface area contributed by atoms with E-state index in [1.807, 2.05) is 7.05 Å². The molecule has 0 saturated heterocycles. The molecule has 1 nitrogen and oxygen atoms in total. The molecule has 1 aromatic rings. The predicted octanol–water partition coefficient (Wildman–Crippen LogP) is 2.75. The van der Waals surface area contributed by atoms with Crippen molar-refractivity contribution in [1.29, 1.82) is 0 Å². The van der Waals surface area contributed by atoms with Gasteiger partial charge in [0.2, 0.25) is 0 Å². The number of benzene rings is 1. The van der Waals surface area contributed by atoms with Crippen LogP contribution in [0.5, 0.6) is 0 Å². The van der Waals surface area contributed by atoms with E-state index in [0.29, 0.717) is 0 Å². The van der Waals surface area contributed by atoms with Gasteiger partial charge in [-0.2, -0.15) is 0 Å². The van der Waals surface area contributed by atoms with Crippen LogP contribution in [0.1, 0.15) is 0 Å². The minimum Gasteiger partial charge on any atom is -0.388 e. The Morgan fingerprint density at radius 1 is 1.20 bits per heavy atom. The fourth-order valence-corrected chi connectivity index (χ4v) is 0.976. The van der Waals surface area contributed by atoms with Crippen LogP contribution >= 0.6 is 35.0 Å². The highest BCUT2D eigenvalue weighted by Gasteiger charge is 1.84. The van der Waals surface area contributed by atoms with Crippen LogP contribution in [0.25, 0.3) is 0 Å². The second-order valence-corrected chi connectivity index (χ2v) is 3.00. The van der Waals surface area contributed by atoms with Gasteiger partial charge < -0.3 is 5.32 Å². The fourth-order valence-electron chi connectivity index (χ4n) is 0.617. The van der Waals surface area contributed by atoms with E-state index in [1.54, 1.807) is 0 Å². The van der Waals surface area contributed by atoms with Crippen molar-refractivity contribution >= 4 is 40.7 Å². The molecule has 1 N–H and O–H groups in total. The summed E-state index contributed by atoms with van der Waals surface area (Å²) in [7, 11) is 1.92. The monoisotopic (exact) mass is 269 g/mol. The summed E-state index contributed by atoms with van der Waals surface area (Å²) >= 11 is 2.29. The third-order valence-electron chi connectivity index (χ3n) is 1.13. The van der Waals surface area contributed by atoms with Gasteiger partial charge in [0.15, 0.2) is 0 Å². The highest BCUT2D eigenvalue weighted by Crippen LogP contribution is 2.09. The minimum absolute atomic E-state index is 0. The third-order valence-corrected chi connectivity index (χ3v) is 1.85. The van der Waals surface area contributed by atoms with Crippen LogP contribution < -0.4 is 5.32 Å². The molecule has 0 amide bonds. The highest BCUT2D eigenvalue weighted by atomic mass is 127. The zero-order valence-electron chi connectivity index (χ0n) is 5.60.